The number of nitrogens with zero attached hydrogens (tertiary/aromatic N) is 1. The third-order valence-electron chi connectivity index (χ3n) is 3.61. The number of hydrogen-bond acceptors (Lipinski definition) is 4. The molecule has 1 aliphatic heterocycles. The lowest BCUT2D eigenvalue weighted by molar-refractivity contribution is -0.144. The SMILES string of the molecule is NCC(Cc1ccccc1)C(=O)N1CCOC(CO)C1. The van der Waals surface area contributed by atoms with Gasteiger partial charge in [0.15, 0.2) is 0 Å². The lowest BCUT2D eigenvalue weighted by Gasteiger charge is -2.34. The molecule has 0 spiro atoms. The monoisotopic (exact) mass is 278 g/mol. The van der Waals surface area contributed by atoms with Crippen LogP contribution in [0.2, 0.25) is 0 Å². The van der Waals surface area contributed by atoms with Crippen molar-refractivity contribution in [1.82, 2.24) is 4.90 Å². The van der Waals surface area contributed by atoms with E-state index >= 15 is 0 Å². The third kappa shape index (κ3) is 3.79. The van der Waals surface area contributed by atoms with Crippen LogP contribution in [0.1, 0.15) is 5.56 Å². The minimum absolute atomic E-state index is 0.0538. The summed E-state index contributed by atoms with van der Waals surface area (Å²) in [6, 6.07) is 9.89. The number of carbonyl (C=O) groups excluding carboxylic acids is 1. The molecular formula is C15H22N2O3. The van der Waals surface area contributed by atoms with Crippen molar-refractivity contribution >= 4 is 5.91 Å². The average Bonchev–Trinajstić information content (AvgIpc) is 2.53. The molecule has 0 saturated carbocycles. The summed E-state index contributed by atoms with van der Waals surface area (Å²) in [4.78, 5) is 14.3. The zero-order valence-electron chi connectivity index (χ0n) is 11.6. The van der Waals surface area contributed by atoms with Gasteiger partial charge in [0, 0.05) is 19.6 Å². The van der Waals surface area contributed by atoms with E-state index < -0.39 is 0 Å². The summed E-state index contributed by atoms with van der Waals surface area (Å²) in [6.07, 6.45) is 0.375. The second-order valence-corrected chi connectivity index (χ2v) is 5.08. The van der Waals surface area contributed by atoms with Crippen LogP contribution in [0.15, 0.2) is 30.3 Å². The number of morpholine rings is 1. The Morgan fingerprint density at radius 3 is 2.85 bits per heavy atom. The van der Waals surface area contributed by atoms with E-state index in [2.05, 4.69) is 0 Å². The molecule has 2 atom stereocenters. The molecule has 1 aromatic carbocycles. The average molecular weight is 278 g/mol. The number of hydrogen-bond donors (Lipinski definition) is 2. The van der Waals surface area contributed by atoms with Crippen LogP contribution in [0.4, 0.5) is 0 Å². The Balaban J connectivity index is 1.98. The van der Waals surface area contributed by atoms with E-state index in [0.717, 1.165) is 5.56 Å². The van der Waals surface area contributed by atoms with Crippen molar-refractivity contribution in [2.45, 2.75) is 12.5 Å². The molecule has 1 saturated heterocycles. The highest BCUT2D eigenvalue weighted by Crippen LogP contribution is 2.14. The van der Waals surface area contributed by atoms with E-state index in [0.29, 0.717) is 32.7 Å². The maximum atomic E-state index is 12.5. The molecule has 20 heavy (non-hydrogen) atoms. The van der Waals surface area contributed by atoms with Gasteiger partial charge in [-0.25, -0.2) is 0 Å². The van der Waals surface area contributed by atoms with Gasteiger partial charge in [0.1, 0.15) is 0 Å². The second-order valence-electron chi connectivity index (χ2n) is 5.08. The Morgan fingerprint density at radius 1 is 1.45 bits per heavy atom. The Bertz CT molecular complexity index is 424. The van der Waals surface area contributed by atoms with Crippen molar-refractivity contribution in [3.63, 3.8) is 0 Å². The molecule has 5 heteroatoms. The molecule has 0 aromatic heterocycles. The molecule has 110 valence electrons. The summed E-state index contributed by atoms with van der Waals surface area (Å²) in [7, 11) is 0. The van der Waals surface area contributed by atoms with Crippen LogP contribution in [-0.2, 0) is 16.0 Å². The van der Waals surface area contributed by atoms with Gasteiger partial charge in [-0.1, -0.05) is 30.3 Å². The summed E-state index contributed by atoms with van der Waals surface area (Å²) in [6.45, 7) is 1.76. The highest BCUT2D eigenvalue weighted by Gasteiger charge is 2.28. The Hall–Kier alpha value is -1.43. The highest BCUT2D eigenvalue weighted by atomic mass is 16.5. The van der Waals surface area contributed by atoms with Gasteiger partial charge in [0.2, 0.25) is 5.91 Å². The predicted molar refractivity (Wildman–Crippen MR) is 76.1 cm³/mol. The first-order chi connectivity index (χ1) is 9.74. The summed E-state index contributed by atoms with van der Waals surface area (Å²) >= 11 is 0. The minimum Gasteiger partial charge on any atom is -0.394 e. The molecule has 0 aliphatic carbocycles. The van der Waals surface area contributed by atoms with Crippen LogP contribution < -0.4 is 5.73 Å². The Kier molecular flexibility index (Phi) is 5.52. The number of rotatable bonds is 5. The van der Waals surface area contributed by atoms with Gasteiger partial charge in [0.25, 0.3) is 0 Å². The molecule has 1 aliphatic rings. The normalized spacial score (nSPS) is 20.7. The maximum absolute atomic E-state index is 12.5. The smallest absolute Gasteiger partial charge is 0.227 e. The molecule has 5 nitrogen and oxygen atoms in total. The van der Waals surface area contributed by atoms with Crippen molar-refractivity contribution < 1.29 is 14.6 Å². The largest absolute Gasteiger partial charge is 0.394 e. The molecule has 1 heterocycles. The second kappa shape index (κ2) is 7.38. The molecule has 2 rings (SSSR count). The fourth-order valence-electron chi connectivity index (χ4n) is 2.46. The van der Waals surface area contributed by atoms with Crippen molar-refractivity contribution in [2.75, 3.05) is 32.8 Å². The molecule has 1 fully saturated rings. The maximum Gasteiger partial charge on any atom is 0.227 e. The Labute approximate surface area is 119 Å². The van der Waals surface area contributed by atoms with E-state index in [1.54, 1.807) is 4.90 Å². The van der Waals surface area contributed by atoms with Gasteiger partial charge in [0.05, 0.1) is 25.2 Å². The first kappa shape index (κ1) is 15.0. The number of aliphatic hydroxyl groups excluding tert-OH is 1. The number of aliphatic hydroxyl groups is 1. The first-order valence-corrected chi connectivity index (χ1v) is 6.99. The fraction of sp³-hybridized carbons (Fsp3) is 0.533. The van der Waals surface area contributed by atoms with Crippen LogP contribution in [0.3, 0.4) is 0 Å². The number of carbonyl (C=O) groups is 1. The molecule has 3 N–H and O–H groups in total. The van der Waals surface area contributed by atoms with Crippen LogP contribution in [0.5, 0.6) is 0 Å². The van der Waals surface area contributed by atoms with Gasteiger partial charge in [-0.15, -0.1) is 0 Å². The fourth-order valence-corrected chi connectivity index (χ4v) is 2.46. The minimum atomic E-state index is -0.275. The quantitative estimate of drug-likeness (QED) is 0.796. The van der Waals surface area contributed by atoms with Crippen LogP contribution in [0, 0.1) is 5.92 Å². The van der Waals surface area contributed by atoms with Gasteiger partial charge < -0.3 is 20.5 Å². The van der Waals surface area contributed by atoms with Crippen molar-refractivity contribution in [3.8, 4) is 0 Å². The van der Waals surface area contributed by atoms with Gasteiger partial charge in [-0.2, -0.15) is 0 Å². The zero-order chi connectivity index (χ0) is 14.4. The van der Waals surface area contributed by atoms with E-state index in [-0.39, 0.29) is 24.5 Å². The predicted octanol–water partition coefficient (Wildman–Crippen LogP) is 0.0237. The van der Waals surface area contributed by atoms with Crippen molar-refractivity contribution in [1.29, 1.82) is 0 Å². The molecular weight excluding hydrogens is 256 g/mol. The summed E-state index contributed by atoms with van der Waals surface area (Å²) in [5, 5.41) is 9.13. The van der Waals surface area contributed by atoms with E-state index in [1.807, 2.05) is 30.3 Å². The van der Waals surface area contributed by atoms with Crippen molar-refractivity contribution in [2.24, 2.45) is 11.7 Å². The highest BCUT2D eigenvalue weighted by molar-refractivity contribution is 5.79. The Morgan fingerprint density at radius 2 is 2.20 bits per heavy atom. The summed E-state index contributed by atoms with van der Waals surface area (Å²) in [5.41, 5.74) is 6.88. The zero-order valence-corrected chi connectivity index (χ0v) is 11.6. The standard InChI is InChI=1S/C15H22N2O3/c16-9-13(8-12-4-2-1-3-5-12)15(19)17-6-7-20-14(10-17)11-18/h1-5,13-14,18H,6-11,16H2. The lowest BCUT2D eigenvalue weighted by atomic mass is 9.97. The summed E-state index contributed by atoms with van der Waals surface area (Å²) in [5.74, 6) is -0.159. The lowest BCUT2D eigenvalue weighted by Crippen LogP contribution is -2.50. The topological polar surface area (TPSA) is 75.8 Å². The number of nitrogens with two attached hydrogens (primary N) is 1. The molecule has 0 bridgehead atoms. The van der Waals surface area contributed by atoms with Gasteiger partial charge in [-0.3, -0.25) is 4.79 Å². The van der Waals surface area contributed by atoms with E-state index in [4.69, 9.17) is 15.6 Å². The van der Waals surface area contributed by atoms with E-state index in [1.165, 1.54) is 0 Å². The van der Waals surface area contributed by atoms with Crippen molar-refractivity contribution in [3.05, 3.63) is 35.9 Å². The molecule has 1 amide bonds. The summed E-state index contributed by atoms with van der Waals surface area (Å²) < 4.78 is 5.36. The van der Waals surface area contributed by atoms with Crippen LogP contribution in [0.25, 0.3) is 0 Å². The number of benzene rings is 1. The van der Waals surface area contributed by atoms with Crippen LogP contribution in [-0.4, -0.2) is 54.9 Å². The molecule has 0 radical (unpaired) electrons. The number of amides is 1. The van der Waals surface area contributed by atoms with Gasteiger partial charge in [-0.05, 0) is 12.0 Å². The molecule has 1 aromatic rings. The first-order valence-electron chi connectivity index (χ1n) is 6.99. The number of ether oxygens (including phenoxy) is 1. The molecule has 2 unspecified atom stereocenters. The third-order valence-corrected chi connectivity index (χ3v) is 3.61. The van der Waals surface area contributed by atoms with E-state index in [9.17, 15) is 4.79 Å². The van der Waals surface area contributed by atoms with Gasteiger partial charge >= 0.3 is 0 Å². The van der Waals surface area contributed by atoms with Crippen LogP contribution >= 0.6 is 0 Å².